The van der Waals surface area contributed by atoms with Crippen molar-refractivity contribution >= 4 is 28.6 Å². The molecule has 0 atom stereocenters. The summed E-state index contributed by atoms with van der Waals surface area (Å²) in [5, 5.41) is 4.19. The lowest BCUT2D eigenvalue weighted by atomic mass is 10.2. The van der Waals surface area contributed by atoms with Gasteiger partial charge in [0.25, 0.3) is 5.91 Å². The summed E-state index contributed by atoms with van der Waals surface area (Å²) in [7, 11) is 3.93. The molecule has 0 fully saturated rings. The largest absolute Gasteiger partial charge is 0.378 e. The molecule has 22 heavy (non-hydrogen) atoms. The fraction of sp³-hybridized carbons (Fsp3) is 0.294. The van der Waals surface area contributed by atoms with Crippen LogP contribution in [0.4, 0.5) is 5.69 Å². The summed E-state index contributed by atoms with van der Waals surface area (Å²) in [6.45, 7) is 4.03. The van der Waals surface area contributed by atoms with E-state index in [1.54, 1.807) is 23.5 Å². The van der Waals surface area contributed by atoms with Crippen LogP contribution in [0.3, 0.4) is 0 Å². The minimum absolute atomic E-state index is 0.197. The number of aryl methyl sites for hydroxylation is 1. The first-order valence-electron chi connectivity index (χ1n) is 7.22. The highest BCUT2D eigenvalue weighted by Gasteiger charge is 2.06. The second-order valence-corrected chi connectivity index (χ2v) is 6.37. The predicted octanol–water partition coefficient (Wildman–Crippen LogP) is 3.53. The zero-order valence-electron chi connectivity index (χ0n) is 13.4. The monoisotopic (exact) mass is 315 g/mol. The molecule has 0 unspecified atom stereocenters. The number of nitrogens with zero attached hydrogens (tertiary/aromatic N) is 2. The highest BCUT2D eigenvalue weighted by atomic mass is 32.1. The number of hydrogen-bond acceptors (Lipinski definition) is 4. The van der Waals surface area contributed by atoms with Gasteiger partial charge < -0.3 is 4.90 Å². The van der Waals surface area contributed by atoms with Gasteiger partial charge in [0.15, 0.2) is 0 Å². The van der Waals surface area contributed by atoms with Crippen molar-refractivity contribution in [1.29, 1.82) is 0 Å². The summed E-state index contributed by atoms with van der Waals surface area (Å²) in [4.78, 5) is 16.5. The number of hydrazone groups is 1. The number of rotatable bonds is 5. The lowest BCUT2D eigenvalue weighted by Crippen LogP contribution is -2.19. The highest BCUT2D eigenvalue weighted by molar-refractivity contribution is 7.14. The number of anilines is 1. The molecule has 0 saturated heterocycles. The average Bonchev–Trinajstić information content (AvgIpc) is 3.01. The predicted molar refractivity (Wildman–Crippen MR) is 94.1 cm³/mol. The second-order valence-electron chi connectivity index (χ2n) is 5.20. The van der Waals surface area contributed by atoms with Crippen LogP contribution in [0.2, 0.25) is 0 Å². The molecular formula is C17H21N3OS. The summed E-state index contributed by atoms with van der Waals surface area (Å²) < 4.78 is 0. The van der Waals surface area contributed by atoms with Gasteiger partial charge in [0, 0.05) is 30.2 Å². The van der Waals surface area contributed by atoms with Gasteiger partial charge in [0.2, 0.25) is 0 Å². The number of thiophene rings is 1. The smallest absolute Gasteiger partial charge is 0.271 e. The normalized spacial score (nSPS) is 11.4. The fourth-order valence-electron chi connectivity index (χ4n) is 1.93. The van der Waals surface area contributed by atoms with Gasteiger partial charge >= 0.3 is 0 Å². The molecule has 0 aliphatic heterocycles. The van der Waals surface area contributed by atoms with Crippen molar-refractivity contribution in [3.05, 3.63) is 51.7 Å². The number of amides is 1. The molecule has 0 radical (unpaired) electrons. The van der Waals surface area contributed by atoms with Crippen LogP contribution in [0, 0.1) is 0 Å². The molecule has 0 spiro atoms. The molecule has 2 aromatic rings. The zero-order chi connectivity index (χ0) is 16.1. The molecule has 5 heteroatoms. The van der Waals surface area contributed by atoms with Gasteiger partial charge in [-0.05, 0) is 49.7 Å². The molecule has 1 heterocycles. The first kappa shape index (κ1) is 16.2. The van der Waals surface area contributed by atoms with Gasteiger partial charge in [0.05, 0.1) is 10.6 Å². The van der Waals surface area contributed by atoms with E-state index in [0.29, 0.717) is 5.56 Å². The summed E-state index contributed by atoms with van der Waals surface area (Å²) in [5.41, 5.74) is 5.09. The van der Waals surface area contributed by atoms with Crippen LogP contribution in [0.15, 0.2) is 41.5 Å². The van der Waals surface area contributed by atoms with Crippen LogP contribution < -0.4 is 10.3 Å². The van der Waals surface area contributed by atoms with Gasteiger partial charge in [-0.2, -0.15) is 5.10 Å². The van der Waals surface area contributed by atoms with Gasteiger partial charge in [0.1, 0.15) is 0 Å². The number of hydrogen-bond donors (Lipinski definition) is 1. The molecule has 0 saturated carbocycles. The third-order valence-electron chi connectivity index (χ3n) is 3.34. The number of benzene rings is 1. The van der Waals surface area contributed by atoms with Crippen molar-refractivity contribution in [2.75, 3.05) is 19.0 Å². The summed E-state index contributed by atoms with van der Waals surface area (Å²) in [6, 6.07) is 11.6. The zero-order valence-corrected chi connectivity index (χ0v) is 14.2. The fourth-order valence-corrected chi connectivity index (χ4v) is 2.82. The Morgan fingerprint density at radius 1 is 1.18 bits per heavy atom. The molecule has 1 aromatic carbocycles. The van der Waals surface area contributed by atoms with Crippen molar-refractivity contribution in [2.24, 2.45) is 5.10 Å². The van der Waals surface area contributed by atoms with Gasteiger partial charge in [-0.25, -0.2) is 5.43 Å². The average molecular weight is 315 g/mol. The molecule has 4 nitrogen and oxygen atoms in total. The number of nitrogens with one attached hydrogen (secondary N) is 1. The van der Waals surface area contributed by atoms with Crippen LogP contribution >= 0.6 is 11.3 Å². The van der Waals surface area contributed by atoms with E-state index in [1.807, 2.05) is 44.1 Å². The van der Waals surface area contributed by atoms with Gasteiger partial charge in [-0.15, -0.1) is 11.3 Å². The molecule has 0 bridgehead atoms. The van der Waals surface area contributed by atoms with E-state index in [-0.39, 0.29) is 5.91 Å². The van der Waals surface area contributed by atoms with Crippen LogP contribution in [-0.2, 0) is 6.42 Å². The van der Waals surface area contributed by atoms with E-state index < -0.39 is 0 Å². The van der Waals surface area contributed by atoms with Crippen molar-refractivity contribution in [1.82, 2.24) is 5.43 Å². The maximum atomic E-state index is 12.1. The van der Waals surface area contributed by atoms with E-state index >= 15 is 0 Å². The summed E-state index contributed by atoms with van der Waals surface area (Å²) >= 11 is 1.71. The Morgan fingerprint density at radius 3 is 2.41 bits per heavy atom. The quantitative estimate of drug-likeness (QED) is 0.677. The molecule has 1 aromatic heterocycles. The minimum Gasteiger partial charge on any atom is -0.378 e. The van der Waals surface area contributed by atoms with E-state index in [2.05, 4.69) is 23.5 Å². The van der Waals surface area contributed by atoms with Gasteiger partial charge in [-0.3, -0.25) is 4.79 Å². The third kappa shape index (κ3) is 3.95. The van der Waals surface area contributed by atoms with E-state index in [1.165, 1.54) is 4.88 Å². The number of carbonyl (C=O) groups excluding carboxylic acids is 1. The van der Waals surface area contributed by atoms with Crippen LogP contribution in [0.5, 0.6) is 0 Å². The SMILES string of the molecule is CCc1ccc(C(C)=NNC(=O)c2ccc(N(C)C)cc2)s1. The molecular weight excluding hydrogens is 294 g/mol. The van der Waals surface area contributed by atoms with E-state index in [4.69, 9.17) is 0 Å². The maximum Gasteiger partial charge on any atom is 0.271 e. The molecule has 0 aliphatic carbocycles. The molecule has 2 rings (SSSR count). The lowest BCUT2D eigenvalue weighted by Gasteiger charge is -2.12. The van der Waals surface area contributed by atoms with E-state index in [9.17, 15) is 4.79 Å². The Morgan fingerprint density at radius 2 is 1.86 bits per heavy atom. The van der Waals surface area contributed by atoms with Crippen LogP contribution in [0.1, 0.15) is 34.0 Å². The van der Waals surface area contributed by atoms with Crippen LogP contribution in [-0.4, -0.2) is 25.7 Å². The topological polar surface area (TPSA) is 44.7 Å². The summed E-state index contributed by atoms with van der Waals surface area (Å²) in [5.74, 6) is -0.197. The Bertz CT molecular complexity index is 671. The Hall–Kier alpha value is -2.14. The first-order valence-corrected chi connectivity index (χ1v) is 8.04. The van der Waals surface area contributed by atoms with Crippen molar-refractivity contribution < 1.29 is 4.79 Å². The minimum atomic E-state index is -0.197. The Kier molecular flexibility index (Phi) is 5.33. The van der Waals surface area contributed by atoms with Crippen molar-refractivity contribution in [2.45, 2.75) is 20.3 Å². The lowest BCUT2D eigenvalue weighted by molar-refractivity contribution is 0.0955. The molecule has 1 N–H and O–H groups in total. The summed E-state index contributed by atoms with van der Waals surface area (Å²) in [6.07, 6.45) is 1.02. The van der Waals surface area contributed by atoms with Crippen molar-refractivity contribution in [3.8, 4) is 0 Å². The highest BCUT2D eigenvalue weighted by Crippen LogP contribution is 2.17. The van der Waals surface area contributed by atoms with E-state index in [0.717, 1.165) is 22.7 Å². The molecule has 1 amide bonds. The van der Waals surface area contributed by atoms with Crippen LogP contribution in [0.25, 0.3) is 0 Å². The maximum absolute atomic E-state index is 12.1. The third-order valence-corrected chi connectivity index (χ3v) is 4.68. The van der Waals surface area contributed by atoms with Crippen molar-refractivity contribution in [3.63, 3.8) is 0 Å². The second kappa shape index (κ2) is 7.22. The molecule has 116 valence electrons. The Labute approximate surface area is 135 Å². The van der Waals surface area contributed by atoms with Gasteiger partial charge in [-0.1, -0.05) is 6.92 Å². The standard InChI is InChI=1S/C17H21N3OS/c1-5-15-10-11-16(22-15)12(2)18-19-17(21)13-6-8-14(9-7-13)20(3)4/h6-11H,5H2,1-4H3,(H,19,21). The number of carbonyl (C=O) groups is 1. The molecule has 0 aliphatic rings. The first-order chi connectivity index (χ1) is 10.5. The Balaban J connectivity index is 2.03.